The van der Waals surface area contributed by atoms with Crippen molar-refractivity contribution >= 4 is 11.6 Å². The third-order valence-corrected chi connectivity index (χ3v) is 7.78. The standard InChI is InChI=1S/C33H45NO6/c1-21(11-16-26-23(3)10-7-17-33(26,4)5)8-6-9-22(2)18-29(36)34-25-14-12-24(13-15-25)19-27-30(37)32(39)31(38)28(20-35)40-27/h6,8-9,11-16,18,27-28,30-32,35,37-39H,7,10,17,19-20H2,1-5H3,(H,34,36)/b9-6+,16-11+,21-8+,22-18+/t27-,28+,30-,31+,32+/m0/s1. The van der Waals surface area contributed by atoms with Crippen LogP contribution < -0.4 is 5.32 Å². The Bertz CT molecular complexity index is 1170. The van der Waals surface area contributed by atoms with Gasteiger partial charge in [0.05, 0.1) is 12.7 Å². The number of aliphatic hydroxyl groups is 4. The molecule has 0 saturated carbocycles. The maximum atomic E-state index is 12.5. The molecule has 0 unspecified atom stereocenters. The van der Waals surface area contributed by atoms with E-state index >= 15 is 0 Å². The van der Waals surface area contributed by atoms with Gasteiger partial charge >= 0.3 is 0 Å². The number of hydrogen-bond acceptors (Lipinski definition) is 6. The minimum atomic E-state index is -1.40. The maximum absolute atomic E-state index is 12.5. The Morgan fingerprint density at radius 2 is 1.70 bits per heavy atom. The monoisotopic (exact) mass is 551 g/mol. The summed E-state index contributed by atoms with van der Waals surface area (Å²) in [6, 6.07) is 7.08. The van der Waals surface area contributed by atoms with Gasteiger partial charge in [-0.25, -0.2) is 0 Å². The van der Waals surface area contributed by atoms with Crippen molar-refractivity contribution < 1.29 is 30.0 Å². The van der Waals surface area contributed by atoms with Gasteiger partial charge in [0.1, 0.15) is 24.4 Å². The topological polar surface area (TPSA) is 119 Å². The van der Waals surface area contributed by atoms with E-state index in [0.29, 0.717) is 5.69 Å². The number of carbonyl (C=O) groups excluding carboxylic acids is 1. The van der Waals surface area contributed by atoms with Gasteiger partial charge in [0, 0.05) is 18.2 Å². The second-order valence-corrected chi connectivity index (χ2v) is 11.7. The number of nitrogens with one attached hydrogen (secondary N) is 1. The van der Waals surface area contributed by atoms with Crippen molar-refractivity contribution in [1.29, 1.82) is 0 Å². The number of benzene rings is 1. The van der Waals surface area contributed by atoms with E-state index in [0.717, 1.165) is 16.7 Å². The van der Waals surface area contributed by atoms with E-state index in [-0.39, 0.29) is 17.7 Å². The highest BCUT2D eigenvalue weighted by Crippen LogP contribution is 2.40. The highest BCUT2D eigenvalue weighted by molar-refractivity contribution is 5.99. The van der Waals surface area contributed by atoms with Gasteiger partial charge in [-0.1, -0.05) is 67.5 Å². The molecule has 1 fully saturated rings. The molecule has 0 bridgehead atoms. The fourth-order valence-corrected chi connectivity index (χ4v) is 5.37. The van der Waals surface area contributed by atoms with Crippen LogP contribution in [0.25, 0.3) is 0 Å². The second-order valence-electron chi connectivity index (χ2n) is 11.7. The van der Waals surface area contributed by atoms with Gasteiger partial charge < -0.3 is 30.5 Å². The van der Waals surface area contributed by atoms with Gasteiger partial charge in [0.25, 0.3) is 0 Å². The lowest BCUT2D eigenvalue weighted by Crippen LogP contribution is -2.58. The molecule has 5 atom stereocenters. The molecule has 2 aliphatic rings. The van der Waals surface area contributed by atoms with E-state index in [1.165, 1.54) is 36.5 Å². The van der Waals surface area contributed by atoms with Crippen LogP contribution in [0.1, 0.15) is 59.4 Å². The van der Waals surface area contributed by atoms with E-state index < -0.39 is 37.1 Å². The first-order valence-corrected chi connectivity index (χ1v) is 14.0. The molecule has 3 rings (SSSR count). The Morgan fingerprint density at radius 3 is 2.35 bits per heavy atom. The Kier molecular flexibility index (Phi) is 11.3. The van der Waals surface area contributed by atoms with E-state index in [9.17, 15) is 25.2 Å². The summed E-state index contributed by atoms with van der Waals surface area (Å²) in [5, 5.41) is 42.4. The smallest absolute Gasteiger partial charge is 0.248 e. The molecule has 1 aromatic carbocycles. The molecule has 7 nitrogen and oxygen atoms in total. The first-order valence-electron chi connectivity index (χ1n) is 14.0. The van der Waals surface area contributed by atoms with Crippen LogP contribution in [0.3, 0.4) is 0 Å². The van der Waals surface area contributed by atoms with Crippen molar-refractivity contribution in [1.82, 2.24) is 0 Å². The number of rotatable bonds is 9. The van der Waals surface area contributed by atoms with E-state index in [2.05, 4.69) is 45.2 Å². The SMILES string of the molecule is CC1=C(/C=C/C(C)=C/C=C/C(C)=C/C(=O)Nc2ccc(C[C@@H]3O[C@H](CO)[C@@H](O)[C@H](O)[C@H]3O)cc2)C(C)(C)CCC1. The summed E-state index contributed by atoms with van der Waals surface area (Å²) in [6.45, 7) is 10.3. The lowest BCUT2D eigenvalue weighted by molar-refractivity contribution is -0.228. The normalized spacial score (nSPS) is 28.0. The van der Waals surface area contributed by atoms with Gasteiger partial charge in [-0.05, 0) is 74.3 Å². The third-order valence-electron chi connectivity index (χ3n) is 7.78. The van der Waals surface area contributed by atoms with Crippen molar-refractivity contribution in [2.24, 2.45) is 5.41 Å². The summed E-state index contributed by atoms with van der Waals surface area (Å²) in [6.07, 6.45) is 9.97. The molecule has 5 N–H and O–H groups in total. The molecule has 40 heavy (non-hydrogen) atoms. The number of hydrogen-bond donors (Lipinski definition) is 5. The molecule has 1 heterocycles. The molecule has 1 aliphatic carbocycles. The minimum Gasteiger partial charge on any atom is -0.394 e. The lowest BCUT2D eigenvalue weighted by Gasteiger charge is -2.40. The molecular weight excluding hydrogens is 506 g/mol. The van der Waals surface area contributed by atoms with Gasteiger partial charge in [0.15, 0.2) is 0 Å². The van der Waals surface area contributed by atoms with Crippen LogP contribution in [0, 0.1) is 5.41 Å². The van der Waals surface area contributed by atoms with Crippen LogP contribution in [-0.2, 0) is 16.0 Å². The van der Waals surface area contributed by atoms with Crippen molar-refractivity contribution in [2.75, 3.05) is 11.9 Å². The van der Waals surface area contributed by atoms with Crippen LogP contribution in [0.2, 0.25) is 0 Å². The van der Waals surface area contributed by atoms with Crippen LogP contribution in [0.5, 0.6) is 0 Å². The largest absolute Gasteiger partial charge is 0.394 e. The molecule has 0 aromatic heterocycles. The highest BCUT2D eigenvalue weighted by Gasteiger charge is 2.43. The van der Waals surface area contributed by atoms with Crippen LogP contribution in [0.4, 0.5) is 5.69 Å². The predicted octanol–water partition coefficient (Wildman–Crippen LogP) is 4.54. The first kappa shape index (κ1) is 31.7. The minimum absolute atomic E-state index is 0.215. The van der Waals surface area contributed by atoms with Gasteiger partial charge in [0.2, 0.25) is 5.91 Å². The molecule has 7 heteroatoms. The third kappa shape index (κ3) is 8.59. The van der Waals surface area contributed by atoms with E-state index in [1.54, 1.807) is 24.3 Å². The Labute approximate surface area is 238 Å². The zero-order valence-corrected chi connectivity index (χ0v) is 24.3. The number of aliphatic hydroxyl groups excluding tert-OH is 4. The molecule has 218 valence electrons. The fourth-order valence-electron chi connectivity index (χ4n) is 5.37. The zero-order valence-electron chi connectivity index (χ0n) is 24.3. The average molecular weight is 552 g/mol. The predicted molar refractivity (Wildman–Crippen MR) is 159 cm³/mol. The Balaban J connectivity index is 1.53. The summed E-state index contributed by atoms with van der Waals surface area (Å²) >= 11 is 0. The number of allylic oxidation sites excluding steroid dienone is 9. The number of carbonyl (C=O) groups is 1. The first-order chi connectivity index (χ1) is 18.9. The summed E-state index contributed by atoms with van der Waals surface area (Å²) in [5.41, 5.74) is 6.51. The number of ether oxygens (including phenoxy) is 1. The fraction of sp³-hybridized carbons (Fsp3) is 0.485. The van der Waals surface area contributed by atoms with Crippen molar-refractivity contribution in [3.8, 4) is 0 Å². The average Bonchev–Trinajstić information content (AvgIpc) is 2.89. The van der Waals surface area contributed by atoms with Crippen LogP contribution in [-0.4, -0.2) is 63.5 Å². The molecular formula is C33H45NO6. The van der Waals surface area contributed by atoms with Crippen molar-refractivity contribution in [3.63, 3.8) is 0 Å². The molecule has 1 saturated heterocycles. The summed E-state index contributed by atoms with van der Waals surface area (Å²) in [4.78, 5) is 12.5. The van der Waals surface area contributed by atoms with Gasteiger partial charge in [-0.2, -0.15) is 0 Å². The van der Waals surface area contributed by atoms with Gasteiger partial charge in [-0.3, -0.25) is 4.79 Å². The Hall–Kier alpha value is -2.81. The molecule has 1 amide bonds. The van der Waals surface area contributed by atoms with Crippen LogP contribution in [0.15, 0.2) is 83.0 Å². The van der Waals surface area contributed by atoms with Crippen LogP contribution >= 0.6 is 0 Å². The van der Waals surface area contributed by atoms with Crippen molar-refractivity contribution in [3.05, 3.63) is 88.6 Å². The second kappa shape index (κ2) is 14.2. The zero-order chi connectivity index (χ0) is 29.4. The summed E-state index contributed by atoms with van der Waals surface area (Å²) < 4.78 is 5.57. The number of anilines is 1. The molecule has 0 spiro atoms. The quantitative estimate of drug-likeness (QED) is 0.227. The number of amides is 1. The highest BCUT2D eigenvalue weighted by atomic mass is 16.5. The summed E-state index contributed by atoms with van der Waals surface area (Å²) in [7, 11) is 0. The van der Waals surface area contributed by atoms with Gasteiger partial charge in [-0.15, -0.1) is 0 Å². The molecule has 1 aromatic rings. The van der Waals surface area contributed by atoms with E-state index in [1.807, 2.05) is 25.2 Å². The lowest BCUT2D eigenvalue weighted by atomic mass is 9.72. The Morgan fingerprint density at radius 1 is 1.02 bits per heavy atom. The van der Waals surface area contributed by atoms with Crippen molar-refractivity contribution in [2.45, 2.75) is 90.8 Å². The molecule has 1 aliphatic heterocycles. The van der Waals surface area contributed by atoms with E-state index in [4.69, 9.17) is 4.74 Å². The molecule has 0 radical (unpaired) electrons. The summed E-state index contributed by atoms with van der Waals surface area (Å²) in [5.74, 6) is -0.244. The maximum Gasteiger partial charge on any atom is 0.248 e.